The molecule has 0 unspecified atom stereocenters. The molecule has 2 saturated heterocycles. The maximum atomic E-state index is 11.8. The van der Waals surface area contributed by atoms with Gasteiger partial charge >= 0.3 is 10.4 Å². The van der Waals surface area contributed by atoms with Crippen LogP contribution in [0.1, 0.15) is 6.92 Å². The molecular formula is C17H29NO14S. The Morgan fingerprint density at radius 2 is 1.58 bits per heavy atom. The zero-order valence-corrected chi connectivity index (χ0v) is 18.4. The predicted molar refractivity (Wildman–Crippen MR) is 105 cm³/mol. The lowest BCUT2D eigenvalue weighted by molar-refractivity contribution is -0.342. The zero-order chi connectivity index (χ0) is 24.9. The quantitative estimate of drug-likeness (QED) is 0.111. The molecule has 0 aromatic carbocycles. The van der Waals surface area contributed by atoms with E-state index in [2.05, 4.69) is 16.1 Å². The van der Waals surface area contributed by atoms with Crippen molar-refractivity contribution in [2.45, 2.75) is 68.3 Å². The number of rotatable bonds is 10. The molecule has 0 spiro atoms. The lowest BCUT2D eigenvalue weighted by Crippen LogP contribution is -2.68. The molecule has 2 fully saturated rings. The molecule has 0 bridgehead atoms. The highest BCUT2D eigenvalue weighted by Gasteiger charge is 2.52. The molecular weight excluding hydrogens is 474 g/mol. The topological polar surface area (TPSA) is 231 Å². The Labute approximate surface area is 189 Å². The molecule has 2 aliphatic rings. The van der Waals surface area contributed by atoms with E-state index >= 15 is 0 Å². The number of amides is 1. The second-order valence-electron chi connectivity index (χ2n) is 7.36. The third-order valence-electron chi connectivity index (χ3n) is 4.95. The summed E-state index contributed by atoms with van der Waals surface area (Å²) in [5.41, 5.74) is 0. The van der Waals surface area contributed by atoms with Gasteiger partial charge in [-0.25, -0.2) is 4.18 Å². The van der Waals surface area contributed by atoms with Gasteiger partial charge in [0.15, 0.2) is 12.6 Å². The van der Waals surface area contributed by atoms with Crippen LogP contribution in [0.3, 0.4) is 0 Å². The maximum Gasteiger partial charge on any atom is 0.397 e. The molecule has 33 heavy (non-hydrogen) atoms. The first-order valence-electron chi connectivity index (χ1n) is 9.81. The van der Waals surface area contributed by atoms with Gasteiger partial charge in [-0.15, -0.1) is 6.58 Å². The number of aliphatic hydroxyl groups excluding tert-OH is 5. The van der Waals surface area contributed by atoms with Gasteiger partial charge < -0.3 is 49.8 Å². The lowest BCUT2D eigenvalue weighted by atomic mass is 9.95. The van der Waals surface area contributed by atoms with E-state index in [1.165, 1.54) is 6.08 Å². The van der Waals surface area contributed by atoms with Gasteiger partial charge in [-0.1, -0.05) is 6.08 Å². The molecule has 10 atom stereocenters. The minimum Gasteiger partial charge on any atom is -0.394 e. The summed E-state index contributed by atoms with van der Waals surface area (Å²) in [5, 5.41) is 52.8. The second-order valence-corrected chi connectivity index (χ2v) is 8.41. The van der Waals surface area contributed by atoms with Crippen molar-refractivity contribution in [2.24, 2.45) is 0 Å². The van der Waals surface area contributed by atoms with E-state index < -0.39 is 90.9 Å². The summed E-state index contributed by atoms with van der Waals surface area (Å²) >= 11 is 0. The van der Waals surface area contributed by atoms with Gasteiger partial charge in [0.1, 0.15) is 48.8 Å². The predicted octanol–water partition coefficient (Wildman–Crippen LogP) is -4.22. The third-order valence-corrected chi connectivity index (χ3v) is 5.41. The molecule has 2 aliphatic heterocycles. The van der Waals surface area contributed by atoms with Crippen LogP contribution in [0.25, 0.3) is 0 Å². The average Bonchev–Trinajstić information content (AvgIpc) is 2.73. The van der Waals surface area contributed by atoms with E-state index in [-0.39, 0.29) is 6.61 Å². The van der Waals surface area contributed by atoms with E-state index in [4.69, 9.17) is 23.5 Å². The highest BCUT2D eigenvalue weighted by Crippen LogP contribution is 2.31. The molecule has 2 heterocycles. The van der Waals surface area contributed by atoms with Gasteiger partial charge in [0, 0.05) is 6.92 Å². The highest BCUT2D eigenvalue weighted by atomic mass is 32.3. The van der Waals surface area contributed by atoms with Crippen LogP contribution in [0.2, 0.25) is 0 Å². The van der Waals surface area contributed by atoms with Crippen LogP contribution >= 0.6 is 0 Å². The summed E-state index contributed by atoms with van der Waals surface area (Å²) in [6, 6.07) is -1.23. The van der Waals surface area contributed by atoms with Gasteiger partial charge in [-0.05, 0) is 0 Å². The Hall–Kier alpha value is -1.28. The van der Waals surface area contributed by atoms with Gasteiger partial charge in [0.25, 0.3) is 0 Å². The molecule has 0 aromatic rings. The van der Waals surface area contributed by atoms with Crippen molar-refractivity contribution in [2.75, 3.05) is 19.8 Å². The van der Waals surface area contributed by atoms with Crippen LogP contribution in [0, 0.1) is 0 Å². The molecule has 1 amide bonds. The first kappa shape index (κ1) is 28.0. The van der Waals surface area contributed by atoms with Crippen LogP contribution in [-0.4, -0.2) is 126 Å². The van der Waals surface area contributed by atoms with Crippen molar-refractivity contribution in [3.8, 4) is 0 Å². The van der Waals surface area contributed by atoms with Crippen LogP contribution in [-0.2, 0) is 38.3 Å². The van der Waals surface area contributed by atoms with Gasteiger partial charge in [0.2, 0.25) is 5.91 Å². The number of ether oxygens (including phenoxy) is 4. The highest BCUT2D eigenvalue weighted by molar-refractivity contribution is 7.80. The third kappa shape index (κ3) is 7.10. The maximum absolute atomic E-state index is 11.8. The fraction of sp³-hybridized carbons (Fsp3) is 0.824. The van der Waals surface area contributed by atoms with Crippen molar-refractivity contribution in [1.82, 2.24) is 5.32 Å². The number of hydrogen-bond acceptors (Lipinski definition) is 13. The average molecular weight is 503 g/mol. The molecule has 7 N–H and O–H groups in total. The standard InChI is InChI=1S/C17H29NO14S/c1-3-4-28-16-10(18-7(2)21)14(11(22)8(5-19)29-16)31-17-13(24)15(32-33(25,26)27)12(23)9(6-20)30-17/h3,8-17,19-20,22-24H,1,4-6H2,2H3,(H,18,21)(H,25,26,27)/t8-,9-,10-,11+,12+,13-,14-,15+,16+,17+/m1/s1. The molecule has 0 aliphatic carbocycles. The normalized spacial score (nSPS) is 39.7. The van der Waals surface area contributed by atoms with Crippen molar-refractivity contribution in [3.05, 3.63) is 12.7 Å². The van der Waals surface area contributed by atoms with Gasteiger partial charge in [-0.2, -0.15) is 8.42 Å². The van der Waals surface area contributed by atoms with Gasteiger partial charge in [-0.3, -0.25) is 9.35 Å². The summed E-state index contributed by atoms with van der Waals surface area (Å²) in [6.07, 6.45) is -13.6. The first-order chi connectivity index (χ1) is 15.4. The number of nitrogens with one attached hydrogen (secondary N) is 1. The molecule has 0 saturated carbocycles. The molecule has 15 nitrogen and oxygen atoms in total. The smallest absolute Gasteiger partial charge is 0.394 e. The fourth-order valence-electron chi connectivity index (χ4n) is 3.50. The molecule has 0 radical (unpaired) electrons. The number of hydrogen-bond donors (Lipinski definition) is 7. The van der Waals surface area contributed by atoms with Crippen LogP contribution in [0.15, 0.2) is 12.7 Å². The minimum absolute atomic E-state index is 0.0483. The Balaban J connectivity index is 2.36. The van der Waals surface area contributed by atoms with E-state index in [9.17, 15) is 38.7 Å². The molecule has 16 heteroatoms. The van der Waals surface area contributed by atoms with Crippen LogP contribution < -0.4 is 5.32 Å². The Kier molecular flexibility index (Phi) is 10.1. The largest absolute Gasteiger partial charge is 0.397 e. The van der Waals surface area contributed by atoms with Crippen molar-refractivity contribution >= 4 is 16.3 Å². The second kappa shape index (κ2) is 11.9. The van der Waals surface area contributed by atoms with Crippen molar-refractivity contribution in [1.29, 1.82) is 0 Å². The number of carbonyl (C=O) groups excluding carboxylic acids is 1. The van der Waals surface area contributed by atoms with E-state index in [1.54, 1.807) is 0 Å². The SMILES string of the molecule is C=CCO[C@H]1O[C@H](CO)[C@H](O)[C@H](O[C@@H]2O[C@H](CO)[C@H](O)[C@H](OS(=O)(=O)O)[C@H]2O)[C@H]1NC(C)=O. The summed E-state index contributed by atoms with van der Waals surface area (Å²) < 4.78 is 57.4. The number of aliphatic hydroxyl groups is 5. The van der Waals surface area contributed by atoms with Crippen LogP contribution in [0.4, 0.5) is 0 Å². The fourth-order valence-corrected chi connectivity index (χ4v) is 4.01. The van der Waals surface area contributed by atoms with Crippen molar-refractivity contribution < 1.29 is 66.4 Å². The first-order valence-corrected chi connectivity index (χ1v) is 11.2. The summed E-state index contributed by atoms with van der Waals surface area (Å²) in [7, 11) is -5.15. The Bertz CT molecular complexity index is 765. The van der Waals surface area contributed by atoms with E-state index in [0.29, 0.717) is 0 Å². The molecule has 2 rings (SSSR count). The zero-order valence-electron chi connectivity index (χ0n) is 17.5. The Morgan fingerprint density at radius 3 is 2.06 bits per heavy atom. The van der Waals surface area contributed by atoms with Gasteiger partial charge in [0.05, 0.1) is 19.8 Å². The molecule has 192 valence electrons. The van der Waals surface area contributed by atoms with E-state index in [0.717, 1.165) is 6.92 Å². The summed E-state index contributed by atoms with van der Waals surface area (Å²) in [5.74, 6) is -0.583. The van der Waals surface area contributed by atoms with Crippen LogP contribution in [0.5, 0.6) is 0 Å². The molecule has 0 aromatic heterocycles. The summed E-state index contributed by atoms with van der Waals surface area (Å²) in [6.45, 7) is 3.04. The number of carbonyl (C=O) groups is 1. The summed E-state index contributed by atoms with van der Waals surface area (Å²) in [4.78, 5) is 11.8. The van der Waals surface area contributed by atoms with Crippen molar-refractivity contribution in [3.63, 3.8) is 0 Å². The Morgan fingerprint density at radius 1 is 1.03 bits per heavy atom. The minimum atomic E-state index is -5.15. The van der Waals surface area contributed by atoms with E-state index in [1.807, 2.05) is 0 Å². The lowest BCUT2D eigenvalue weighted by Gasteiger charge is -2.47. The monoisotopic (exact) mass is 503 g/mol.